The number of amides is 2. The number of hydrogen-bond acceptors (Lipinski definition) is 3. The number of carbonyl (C=O) groups is 2. The van der Waals surface area contributed by atoms with E-state index in [4.69, 9.17) is 10.5 Å². The topological polar surface area (TPSA) is 81.4 Å². The molecule has 3 N–H and O–H groups in total. The molecular formula is C19H20N2O3. The first kappa shape index (κ1) is 17.3. The molecule has 0 aliphatic heterocycles. The molecule has 0 atom stereocenters. The predicted molar refractivity (Wildman–Crippen MR) is 94.9 cm³/mol. The van der Waals surface area contributed by atoms with Gasteiger partial charge in [-0.3, -0.25) is 9.59 Å². The van der Waals surface area contributed by atoms with E-state index in [0.717, 1.165) is 17.7 Å². The molecule has 0 aliphatic carbocycles. The number of hydrogen-bond donors (Lipinski definition) is 2. The van der Waals surface area contributed by atoms with Gasteiger partial charge in [0.1, 0.15) is 5.75 Å². The van der Waals surface area contributed by atoms with Crippen LogP contribution in [0.3, 0.4) is 0 Å². The molecule has 0 heterocycles. The molecule has 0 unspecified atom stereocenters. The Balaban J connectivity index is 2.10. The van der Waals surface area contributed by atoms with E-state index in [-0.39, 0.29) is 11.5 Å². The third kappa shape index (κ3) is 4.71. The summed E-state index contributed by atoms with van der Waals surface area (Å²) >= 11 is 0. The second-order valence-corrected chi connectivity index (χ2v) is 5.12. The smallest absolute Gasteiger partial charge is 0.250 e. The Hall–Kier alpha value is -3.08. The maximum Gasteiger partial charge on any atom is 0.250 e. The number of para-hydroxylation sites is 2. The van der Waals surface area contributed by atoms with Crippen molar-refractivity contribution in [2.45, 2.75) is 13.3 Å². The summed E-state index contributed by atoms with van der Waals surface area (Å²) in [7, 11) is 0. The largest absolute Gasteiger partial charge is 0.493 e. The minimum Gasteiger partial charge on any atom is -0.493 e. The minimum atomic E-state index is -0.590. The molecule has 0 saturated carbocycles. The van der Waals surface area contributed by atoms with Gasteiger partial charge < -0.3 is 15.8 Å². The van der Waals surface area contributed by atoms with Crippen LogP contribution in [0.15, 0.2) is 54.6 Å². The summed E-state index contributed by atoms with van der Waals surface area (Å²) in [4.78, 5) is 23.5. The van der Waals surface area contributed by atoms with Gasteiger partial charge >= 0.3 is 0 Å². The predicted octanol–water partition coefficient (Wildman–Crippen LogP) is 3.23. The van der Waals surface area contributed by atoms with Crippen molar-refractivity contribution in [3.63, 3.8) is 0 Å². The number of nitrogens with two attached hydrogens (primary N) is 1. The van der Waals surface area contributed by atoms with Gasteiger partial charge in [0.2, 0.25) is 5.91 Å². The van der Waals surface area contributed by atoms with Crippen LogP contribution < -0.4 is 15.8 Å². The van der Waals surface area contributed by atoms with E-state index in [1.165, 1.54) is 6.08 Å². The quantitative estimate of drug-likeness (QED) is 0.767. The molecule has 0 fully saturated rings. The average Bonchev–Trinajstić information content (AvgIpc) is 2.59. The van der Waals surface area contributed by atoms with Crippen molar-refractivity contribution in [3.05, 3.63) is 65.7 Å². The van der Waals surface area contributed by atoms with Crippen molar-refractivity contribution < 1.29 is 14.3 Å². The van der Waals surface area contributed by atoms with Crippen molar-refractivity contribution in [2.24, 2.45) is 5.73 Å². The summed E-state index contributed by atoms with van der Waals surface area (Å²) < 4.78 is 5.64. The molecule has 2 amide bonds. The van der Waals surface area contributed by atoms with Crippen LogP contribution in [0.1, 0.15) is 29.3 Å². The highest BCUT2D eigenvalue weighted by molar-refractivity contribution is 6.07. The summed E-state index contributed by atoms with van der Waals surface area (Å²) in [5.41, 5.74) is 6.76. The van der Waals surface area contributed by atoms with Gasteiger partial charge in [-0.15, -0.1) is 0 Å². The third-order valence-corrected chi connectivity index (χ3v) is 3.25. The van der Waals surface area contributed by atoms with Crippen LogP contribution in [0.25, 0.3) is 6.08 Å². The molecule has 0 saturated heterocycles. The second kappa shape index (κ2) is 8.53. The number of primary amides is 1. The number of carbonyl (C=O) groups excluding carboxylic acids is 2. The van der Waals surface area contributed by atoms with Gasteiger partial charge in [-0.1, -0.05) is 37.3 Å². The molecule has 0 spiro atoms. The maximum absolute atomic E-state index is 12.1. The molecule has 2 rings (SSSR count). The summed E-state index contributed by atoms with van der Waals surface area (Å²) in [6.07, 6.45) is 3.97. The molecule has 2 aromatic rings. The zero-order chi connectivity index (χ0) is 17.4. The summed E-state index contributed by atoms with van der Waals surface area (Å²) in [5, 5.41) is 2.66. The summed E-state index contributed by atoms with van der Waals surface area (Å²) in [5.74, 6) is -0.219. The fraction of sp³-hybridized carbons (Fsp3) is 0.158. The van der Waals surface area contributed by atoms with Gasteiger partial charge in [0, 0.05) is 11.6 Å². The van der Waals surface area contributed by atoms with Crippen molar-refractivity contribution >= 4 is 23.6 Å². The molecule has 0 radical (unpaired) electrons. The van der Waals surface area contributed by atoms with E-state index >= 15 is 0 Å². The Bertz CT molecular complexity index is 754. The Morgan fingerprint density at radius 2 is 1.83 bits per heavy atom. The lowest BCUT2D eigenvalue weighted by Crippen LogP contribution is -2.16. The first-order chi connectivity index (χ1) is 11.6. The zero-order valence-electron chi connectivity index (χ0n) is 13.5. The SMILES string of the molecule is CCCOc1ccccc1/C=C/C(=O)Nc1ccccc1C(N)=O. The lowest BCUT2D eigenvalue weighted by Gasteiger charge is -2.08. The van der Waals surface area contributed by atoms with Crippen LogP contribution in [0.5, 0.6) is 5.75 Å². The number of rotatable bonds is 7. The standard InChI is InChI=1S/C19H20N2O3/c1-2-13-24-17-10-6-3-7-14(17)11-12-18(22)21-16-9-5-4-8-15(16)19(20)23/h3-12H,2,13H2,1H3,(H2,20,23)(H,21,22)/b12-11+. The molecule has 0 bridgehead atoms. The van der Waals surface area contributed by atoms with Crippen LogP contribution >= 0.6 is 0 Å². The van der Waals surface area contributed by atoms with Crippen molar-refractivity contribution in [2.75, 3.05) is 11.9 Å². The first-order valence-electron chi connectivity index (χ1n) is 7.71. The lowest BCUT2D eigenvalue weighted by atomic mass is 10.1. The first-order valence-corrected chi connectivity index (χ1v) is 7.71. The van der Waals surface area contributed by atoms with Gasteiger partial charge in [0.15, 0.2) is 0 Å². The molecule has 124 valence electrons. The van der Waals surface area contributed by atoms with Gasteiger partial charge in [-0.25, -0.2) is 0 Å². The fourth-order valence-electron chi connectivity index (χ4n) is 2.11. The van der Waals surface area contributed by atoms with Crippen molar-refractivity contribution in [1.82, 2.24) is 0 Å². The van der Waals surface area contributed by atoms with Crippen LogP contribution in [0.2, 0.25) is 0 Å². The van der Waals surface area contributed by atoms with E-state index < -0.39 is 5.91 Å². The van der Waals surface area contributed by atoms with Gasteiger partial charge in [-0.2, -0.15) is 0 Å². The normalized spacial score (nSPS) is 10.5. The zero-order valence-corrected chi connectivity index (χ0v) is 13.5. The number of anilines is 1. The maximum atomic E-state index is 12.1. The Labute approximate surface area is 141 Å². The van der Waals surface area contributed by atoms with Crippen LogP contribution in [-0.2, 0) is 4.79 Å². The van der Waals surface area contributed by atoms with E-state index in [1.54, 1.807) is 30.3 Å². The fourth-order valence-corrected chi connectivity index (χ4v) is 2.11. The van der Waals surface area contributed by atoms with Gasteiger partial charge in [0.05, 0.1) is 17.9 Å². The highest BCUT2D eigenvalue weighted by Crippen LogP contribution is 2.20. The third-order valence-electron chi connectivity index (χ3n) is 3.25. The Morgan fingerprint density at radius 1 is 1.12 bits per heavy atom. The summed E-state index contributed by atoms with van der Waals surface area (Å²) in [6.45, 7) is 2.64. The number of benzene rings is 2. The number of ether oxygens (including phenoxy) is 1. The van der Waals surface area contributed by atoms with E-state index in [2.05, 4.69) is 5.32 Å². The molecule has 0 aliphatic rings. The average molecular weight is 324 g/mol. The van der Waals surface area contributed by atoms with Gasteiger partial charge in [0.25, 0.3) is 5.91 Å². The lowest BCUT2D eigenvalue weighted by molar-refractivity contribution is -0.111. The van der Waals surface area contributed by atoms with E-state index in [0.29, 0.717) is 12.3 Å². The highest BCUT2D eigenvalue weighted by atomic mass is 16.5. The van der Waals surface area contributed by atoms with Crippen molar-refractivity contribution in [1.29, 1.82) is 0 Å². The monoisotopic (exact) mass is 324 g/mol. The van der Waals surface area contributed by atoms with E-state index in [9.17, 15) is 9.59 Å². The van der Waals surface area contributed by atoms with Gasteiger partial charge in [-0.05, 0) is 30.7 Å². The van der Waals surface area contributed by atoms with Crippen LogP contribution in [0, 0.1) is 0 Å². The Morgan fingerprint density at radius 3 is 2.58 bits per heavy atom. The molecule has 2 aromatic carbocycles. The summed E-state index contributed by atoms with van der Waals surface area (Å²) in [6, 6.07) is 14.1. The highest BCUT2D eigenvalue weighted by Gasteiger charge is 2.08. The molecule has 5 heteroatoms. The molecule has 5 nitrogen and oxygen atoms in total. The van der Waals surface area contributed by atoms with Crippen molar-refractivity contribution in [3.8, 4) is 5.75 Å². The molecule has 24 heavy (non-hydrogen) atoms. The Kier molecular flexibility index (Phi) is 6.14. The molecule has 0 aromatic heterocycles. The van der Waals surface area contributed by atoms with Crippen LogP contribution in [0.4, 0.5) is 5.69 Å². The van der Waals surface area contributed by atoms with Crippen LogP contribution in [-0.4, -0.2) is 18.4 Å². The van der Waals surface area contributed by atoms with E-state index in [1.807, 2.05) is 31.2 Å². The molecular weight excluding hydrogens is 304 g/mol. The number of nitrogens with one attached hydrogen (secondary N) is 1. The minimum absolute atomic E-state index is 0.269. The second-order valence-electron chi connectivity index (χ2n) is 5.12.